The van der Waals surface area contributed by atoms with Gasteiger partial charge < -0.3 is 9.16 Å². The van der Waals surface area contributed by atoms with Crippen molar-refractivity contribution in [1.29, 1.82) is 0 Å². The Bertz CT molecular complexity index is 289. The van der Waals surface area contributed by atoms with E-state index in [1.54, 1.807) is 13.8 Å². The maximum atomic E-state index is 11.4. The van der Waals surface area contributed by atoms with Gasteiger partial charge in [-0.3, -0.25) is 4.79 Å². The first-order chi connectivity index (χ1) is 7.11. The zero-order valence-corrected chi connectivity index (χ0v) is 11.6. The van der Waals surface area contributed by atoms with Crippen molar-refractivity contribution in [1.82, 2.24) is 0 Å². The van der Waals surface area contributed by atoms with Crippen LogP contribution in [0.25, 0.3) is 0 Å². The minimum atomic E-state index is -1.90. The highest BCUT2D eigenvalue weighted by Crippen LogP contribution is 2.09. The maximum absolute atomic E-state index is 11.4. The molecule has 5 heteroatoms. The van der Waals surface area contributed by atoms with E-state index in [1.807, 2.05) is 19.6 Å². The first kappa shape index (κ1) is 14.9. The van der Waals surface area contributed by atoms with Crippen LogP contribution < -0.4 is 0 Å². The van der Waals surface area contributed by atoms with Gasteiger partial charge in [-0.25, -0.2) is 4.79 Å². The minimum absolute atomic E-state index is 0.101. The van der Waals surface area contributed by atoms with Crippen LogP contribution in [0, 0.1) is 0 Å². The Morgan fingerprint density at radius 2 is 1.75 bits per heavy atom. The average Bonchev–Trinajstić information content (AvgIpc) is 1.98. The zero-order valence-electron chi connectivity index (χ0n) is 10.6. The number of hydrogen-bond acceptors (Lipinski definition) is 4. The standard InChI is InChI=1S/C11H20O4Si/c1-8(2)14-11(13)9(3)7-10(12)15-16(4,5)6/h8H,3,7H2,1-2,4-6H3. The third-order valence-corrected chi connectivity index (χ3v) is 2.25. The van der Waals surface area contributed by atoms with Gasteiger partial charge >= 0.3 is 5.97 Å². The lowest BCUT2D eigenvalue weighted by Crippen LogP contribution is -2.29. The van der Waals surface area contributed by atoms with Crippen molar-refractivity contribution in [3.05, 3.63) is 12.2 Å². The highest BCUT2D eigenvalue weighted by molar-refractivity contribution is 6.71. The van der Waals surface area contributed by atoms with E-state index in [2.05, 4.69) is 6.58 Å². The molecule has 0 aromatic rings. The van der Waals surface area contributed by atoms with E-state index in [-0.39, 0.29) is 18.1 Å². The molecule has 0 N–H and O–H groups in total. The molecule has 0 aromatic carbocycles. The van der Waals surface area contributed by atoms with Gasteiger partial charge in [0.05, 0.1) is 12.5 Å². The molecule has 0 bridgehead atoms. The van der Waals surface area contributed by atoms with Gasteiger partial charge in [0.15, 0.2) is 0 Å². The summed E-state index contributed by atoms with van der Waals surface area (Å²) >= 11 is 0. The van der Waals surface area contributed by atoms with Gasteiger partial charge in [0, 0.05) is 5.57 Å². The molecule has 92 valence electrons. The fourth-order valence-corrected chi connectivity index (χ4v) is 1.68. The molecule has 4 nitrogen and oxygen atoms in total. The van der Waals surface area contributed by atoms with E-state index in [4.69, 9.17) is 9.16 Å². The smallest absolute Gasteiger partial charge is 0.334 e. The Kier molecular flexibility index (Phi) is 5.44. The fourth-order valence-electron chi connectivity index (χ4n) is 0.921. The van der Waals surface area contributed by atoms with Crippen LogP contribution in [0.5, 0.6) is 0 Å². The summed E-state index contributed by atoms with van der Waals surface area (Å²) in [4.78, 5) is 22.7. The Balaban J connectivity index is 4.15. The van der Waals surface area contributed by atoms with Gasteiger partial charge in [-0.15, -0.1) is 0 Å². The van der Waals surface area contributed by atoms with Crippen molar-refractivity contribution in [2.24, 2.45) is 0 Å². The predicted octanol–water partition coefficient (Wildman–Crippen LogP) is 2.26. The van der Waals surface area contributed by atoms with E-state index in [1.165, 1.54) is 0 Å². The van der Waals surface area contributed by atoms with Crippen molar-refractivity contribution in [2.75, 3.05) is 0 Å². The Hall–Kier alpha value is -1.10. The van der Waals surface area contributed by atoms with Crippen LogP contribution in [-0.2, 0) is 18.8 Å². The van der Waals surface area contributed by atoms with E-state index < -0.39 is 20.3 Å². The normalized spacial score (nSPS) is 11.1. The molecule has 0 rings (SSSR count). The first-order valence-corrected chi connectivity index (χ1v) is 8.63. The number of hydrogen-bond donors (Lipinski definition) is 0. The Morgan fingerprint density at radius 3 is 2.12 bits per heavy atom. The number of carbonyl (C=O) groups excluding carboxylic acids is 2. The number of esters is 1. The monoisotopic (exact) mass is 244 g/mol. The van der Waals surface area contributed by atoms with E-state index in [9.17, 15) is 9.59 Å². The average molecular weight is 244 g/mol. The topological polar surface area (TPSA) is 52.6 Å². The third kappa shape index (κ3) is 7.22. The van der Waals surface area contributed by atoms with Crippen LogP contribution in [0.4, 0.5) is 0 Å². The summed E-state index contributed by atoms with van der Waals surface area (Å²) in [5, 5.41) is 0. The second-order valence-electron chi connectivity index (χ2n) is 4.82. The molecule has 0 spiro atoms. The Morgan fingerprint density at radius 1 is 1.25 bits per heavy atom. The highest BCUT2D eigenvalue weighted by Gasteiger charge is 2.22. The van der Waals surface area contributed by atoms with E-state index in [0.717, 1.165) is 0 Å². The van der Waals surface area contributed by atoms with Gasteiger partial charge in [0.25, 0.3) is 5.97 Å². The van der Waals surface area contributed by atoms with Gasteiger partial charge in [-0.2, -0.15) is 0 Å². The minimum Gasteiger partial charge on any atom is -0.520 e. The molecular weight excluding hydrogens is 224 g/mol. The van der Waals surface area contributed by atoms with Gasteiger partial charge in [-0.1, -0.05) is 6.58 Å². The van der Waals surface area contributed by atoms with Gasteiger partial charge in [0.1, 0.15) is 0 Å². The first-order valence-electron chi connectivity index (χ1n) is 5.22. The molecule has 0 atom stereocenters. The lowest BCUT2D eigenvalue weighted by atomic mass is 10.2. The maximum Gasteiger partial charge on any atom is 0.334 e. The summed E-state index contributed by atoms with van der Waals surface area (Å²) in [6.45, 7) is 12.7. The summed E-state index contributed by atoms with van der Waals surface area (Å²) in [6, 6.07) is 0. The second kappa shape index (κ2) is 5.84. The van der Waals surface area contributed by atoms with Crippen LogP contribution in [0.2, 0.25) is 19.6 Å². The number of carbonyl (C=O) groups is 2. The third-order valence-electron chi connectivity index (χ3n) is 1.41. The van der Waals surface area contributed by atoms with Gasteiger partial charge in [-0.05, 0) is 33.5 Å². The van der Waals surface area contributed by atoms with Crippen LogP contribution in [0.15, 0.2) is 12.2 Å². The molecule has 0 saturated carbocycles. The fraction of sp³-hybridized carbons (Fsp3) is 0.636. The molecule has 0 radical (unpaired) electrons. The van der Waals surface area contributed by atoms with Crippen LogP contribution in [-0.4, -0.2) is 26.4 Å². The van der Waals surface area contributed by atoms with Crippen molar-refractivity contribution >= 4 is 20.3 Å². The lowest BCUT2D eigenvalue weighted by molar-refractivity contribution is -0.145. The summed E-state index contributed by atoms with van der Waals surface area (Å²) in [6.07, 6.45) is -0.312. The molecule has 0 aliphatic heterocycles. The largest absolute Gasteiger partial charge is 0.520 e. The molecule has 0 aromatic heterocycles. The summed E-state index contributed by atoms with van der Waals surface area (Å²) < 4.78 is 10.1. The molecule has 0 saturated heterocycles. The van der Waals surface area contributed by atoms with Crippen molar-refractivity contribution in [3.63, 3.8) is 0 Å². The molecule has 16 heavy (non-hydrogen) atoms. The van der Waals surface area contributed by atoms with Crippen LogP contribution in [0.3, 0.4) is 0 Å². The summed E-state index contributed by atoms with van der Waals surface area (Å²) in [5.41, 5.74) is 0.136. The number of ether oxygens (including phenoxy) is 1. The quantitative estimate of drug-likeness (QED) is 0.423. The molecule has 0 heterocycles. The SMILES string of the molecule is C=C(CC(=O)O[Si](C)(C)C)C(=O)OC(C)C. The predicted molar refractivity (Wildman–Crippen MR) is 64.4 cm³/mol. The molecule has 0 aliphatic rings. The van der Waals surface area contributed by atoms with Crippen LogP contribution >= 0.6 is 0 Å². The van der Waals surface area contributed by atoms with Crippen molar-refractivity contribution in [3.8, 4) is 0 Å². The van der Waals surface area contributed by atoms with Gasteiger partial charge in [0.2, 0.25) is 8.32 Å². The lowest BCUT2D eigenvalue weighted by Gasteiger charge is -2.17. The van der Waals surface area contributed by atoms with Crippen molar-refractivity contribution < 1.29 is 18.8 Å². The second-order valence-corrected chi connectivity index (χ2v) is 9.25. The highest BCUT2D eigenvalue weighted by atomic mass is 28.4. The zero-order chi connectivity index (χ0) is 12.9. The molecule has 0 fully saturated rings. The van der Waals surface area contributed by atoms with E-state index in [0.29, 0.717) is 0 Å². The molecular formula is C11H20O4Si. The Labute approximate surface area is 97.8 Å². The number of rotatable bonds is 5. The van der Waals surface area contributed by atoms with Crippen molar-refractivity contribution in [2.45, 2.75) is 46.0 Å². The van der Waals surface area contributed by atoms with E-state index >= 15 is 0 Å². The summed E-state index contributed by atoms with van der Waals surface area (Å²) in [5.74, 6) is -0.951. The molecule has 0 amide bonds. The molecule has 0 unspecified atom stereocenters. The molecule has 0 aliphatic carbocycles. The van der Waals surface area contributed by atoms with Crippen LogP contribution in [0.1, 0.15) is 20.3 Å². The summed E-state index contributed by atoms with van der Waals surface area (Å²) in [7, 11) is -1.90.